The van der Waals surface area contributed by atoms with Gasteiger partial charge in [-0.1, -0.05) is 0 Å². The van der Waals surface area contributed by atoms with Crippen LogP contribution in [0.25, 0.3) is 0 Å². The molecule has 0 bridgehead atoms. The van der Waals surface area contributed by atoms with E-state index >= 15 is 0 Å². The lowest BCUT2D eigenvalue weighted by molar-refractivity contribution is 0.0923. The molecule has 1 rings (SSSR count). The summed E-state index contributed by atoms with van der Waals surface area (Å²) in [6.07, 6.45) is 1.53. The van der Waals surface area contributed by atoms with E-state index in [4.69, 9.17) is 5.73 Å². The molecule has 0 fully saturated rings. The molecule has 5 nitrogen and oxygen atoms in total. The average Bonchev–Trinajstić information content (AvgIpc) is 2.15. The third-order valence-electron chi connectivity index (χ3n) is 1.53. The van der Waals surface area contributed by atoms with Gasteiger partial charge in [0.1, 0.15) is 0 Å². The number of pyridine rings is 1. The number of amides is 1. The minimum Gasteiger partial charge on any atom is -0.397 e. The SMILES string of the molecule is CC(C)NNC(=O)c1ncccc1N. The fourth-order valence-electron chi connectivity index (χ4n) is 0.877. The highest BCUT2D eigenvalue weighted by molar-refractivity contribution is 5.96. The van der Waals surface area contributed by atoms with Crippen molar-refractivity contribution in [1.82, 2.24) is 15.8 Å². The molecule has 5 heteroatoms. The maximum absolute atomic E-state index is 11.5. The van der Waals surface area contributed by atoms with Crippen LogP contribution in [-0.2, 0) is 0 Å². The Hall–Kier alpha value is -1.62. The number of rotatable bonds is 3. The number of nitrogens with one attached hydrogen (secondary N) is 2. The lowest BCUT2D eigenvalue weighted by atomic mass is 10.3. The Bertz CT molecular complexity index is 324. The van der Waals surface area contributed by atoms with Crippen molar-refractivity contribution in [1.29, 1.82) is 0 Å². The molecule has 0 spiro atoms. The Kier molecular flexibility index (Phi) is 3.41. The Labute approximate surface area is 82.7 Å². The number of aromatic nitrogens is 1. The molecule has 0 aliphatic rings. The van der Waals surface area contributed by atoms with Crippen molar-refractivity contribution in [3.63, 3.8) is 0 Å². The van der Waals surface area contributed by atoms with Crippen molar-refractivity contribution in [2.24, 2.45) is 0 Å². The lowest BCUT2D eigenvalue weighted by Crippen LogP contribution is -2.42. The van der Waals surface area contributed by atoms with E-state index in [1.165, 1.54) is 6.20 Å². The second-order valence-electron chi connectivity index (χ2n) is 3.19. The van der Waals surface area contributed by atoms with Crippen LogP contribution in [0.15, 0.2) is 18.3 Å². The minimum absolute atomic E-state index is 0.170. The number of carbonyl (C=O) groups excluding carboxylic acids is 1. The molecule has 0 saturated heterocycles. The zero-order chi connectivity index (χ0) is 10.6. The van der Waals surface area contributed by atoms with Gasteiger partial charge in [-0.3, -0.25) is 10.2 Å². The van der Waals surface area contributed by atoms with Gasteiger partial charge < -0.3 is 5.73 Å². The topological polar surface area (TPSA) is 80.0 Å². The molecule has 1 amide bonds. The molecular formula is C9H14N4O. The first-order valence-electron chi connectivity index (χ1n) is 4.37. The molecule has 0 aliphatic carbocycles. The number of anilines is 1. The molecule has 0 radical (unpaired) electrons. The molecule has 0 unspecified atom stereocenters. The van der Waals surface area contributed by atoms with Crippen LogP contribution in [0.1, 0.15) is 24.3 Å². The normalized spacial score (nSPS) is 10.2. The van der Waals surface area contributed by atoms with Crippen LogP contribution in [0.5, 0.6) is 0 Å². The number of nitrogens with zero attached hydrogens (tertiary/aromatic N) is 1. The van der Waals surface area contributed by atoms with E-state index in [1.54, 1.807) is 12.1 Å². The summed E-state index contributed by atoms with van der Waals surface area (Å²) in [4.78, 5) is 15.3. The van der Waals surface area contributed by atoms with Crippen LogP contribution in [0.2, 0.25) is 0 Å². The number of hydrogen-bond donors (Lipinski definition) is 3. The monoisotopic (exact) mass is 194 g/mol. The summed E-state index contributed by atoms with van der Waals surface area (Å²) in [5.41, 5.74) is 11.5. The summed E-state index contributed by atoms with van der Waals surface area (Å²) in [7, 11) is 0. The van der Waals surface area contributed by atoms with Crippen molar-refractivity contribution in [3.8, 4) is 0 Å². The molecule has 0 saturated carbocycles. The van der Waals surface area contributed by atoms with E-state index in [2.05, 4.69) is 15.8 Å². The van der Waals surface area contributed by atoms with Crippen LogP contribution in [0, 0.1) is 0 Å². The van der Waals surface area contributed by atoms with E-state index in [9.17, 15) is 4.79 Å². The molecule has 76 valence electrons. The van der Waals surface area contributed by atoms with Crippen molar-refractivity contribution < 1.29 is 4.79 Å². The summed E-state index contributed by atoms with van der Waals surface area (Å²) in [6, 6.07) is 3.49. The number of hydrazine groups is 1. The van der Waals surface area contributed by atoms with Crippen molar-refractivity contribution in [2.45, 2.75) is 19.9 Å². The van der Waals surface area contributed by atoms with E-state index in [-0.39, 0.29) is 17.6 Å². The molecule has 4 N–H and O–H groups in total. The van der Waals surface area contributed by atoms with E-state index < -0.39 is 0 Å². The van der Waals surface area contributed by atoms with Gasteiger partial charge in [-0.25, -0.2) is 10.4 Å². The van der Waals surface area contributed by atoms with E-state index in [1.807, 2.05) is 13.8 Å². The third kappa shape index (κ3) is 2.70. The predicted octanol–water partition coefficient (Wildman–Crippen LogP) is 0.307. The standard InChI is InChI=1S/C9H14N4O/c1-6(2)12-13-9(14)8-7(10)4-3-5-11-8/h3-6,12H,10H2,1-2H3,(H,13,14). The second-order valence-corrected chi connectivity index (χ2v) is 3.19. The highest BCUT2D eigenvalue weighted by Crippen LogP contribution is 2.05. The summed E-state index contributed by atoms with van der Waals surface area (Å²) < 4.78 is 0. The zero-order valence-corrected chi connectivity index (χ0v) is 8.24. The predicted molar refractivity (Wildman–Crippen MR) is 54.4 cm³/mol. The number of hydrogen-bond acceptors (Lipinski definition) is 4. The van der Waals surface area contributed by atoms with Gasteiger partial charge in [0.2, 0.25) is 0 Å². The fraction of sp³-hybridized carbons (Fsp3) is 0.333. The van der Waals surface area contributed by atoms with Gasteiger partial charge in [0.15, 0.2) is 5.69 Å². The second kappa shape index (κ2) is 4.57. The Morgan fingerprint density at radius 1 is 1.57 bits per heavy atom. The van der Waals surface area contributed by atoms with Gasteiger partial charge in [0, 0.05) is 12.2 Å². The molecule has 0 aromatic carbocycles. The number of nitrogen functional groups attached to an aromatic ring is 1. The van der Waals surface area contributed by atoms with Gasteiger partial charge >= 0.3 is 0 Å². The van der Waals surface area contributed by atoms with Crippen LogP contribution in [-0.4, -0.2) is 16.9 Å². The molecule has 0 atom stereocenters. The highest BCUT2D eigenvalue weighted by Gasteiger charge is 2.09. The van der Waals surface area contributed by atoms with Crippen molar-refractivity contribution in [2.75, 3.05) is 5.73 Å². The van der Waals surface area contributed by atoms with Gasteiger partial charge in [0.05, 0.1) is 5.69 Å². The summed E-state index contributed by atoms with van der Waals surface area (Å²) in [6.45, 7) is 3.84. The van der Waals surface area contributed by atoms with Gasteiger partial charge in [-0.2, -0.15) is 0 Å². The molecule has 1 aromatic rings. The largest absolute Gasteiger partial charge is 0.397 e. The quantitative estimate of drug-likeness (QED) is 0.605. The lowest BCUT2D eigenvalue weighted by Gasteiger charge is -2.10. The zero-order valence-electron chi connectivity index (χ0n) is 8.24. The Balaban J connectivity index is 2.65. The first-order chi connectivity index (χ1) is 6.61. The summed E-state index contributed by atoms with van der Waals surface area (Å²) in [5, 5.41) is 0. The minimum atomic E-state index is -0.322. The molecule has 1 heterocycles. The maximum atomic E-state index is 11.5. The highest BCUT2D eigenvalue weighted by atomic mass is 16.2. The van der Waals surface area contributed by atoms with Gasteiger partial charge in [0.25, 0.3) is 5.91 Å². The van der Waals surface area contributed by atoms with Crippen molar-refractivity contribution in [3.05, 3.63) is 24.0 Å². The first kappa shape index (κ1) is 10.5. The number of nitrogens with two attached hydrogens (primary N) is 1. The Morgan fingerprint density at radius 2 is 2.29 bits per heavy atom. The van der Waals surface area contributed by atoms with E-state index in [0.29, 0.717) is 5.69 Å². The molecule has 1 aromatic heterocycles. The van der Waals surface area contributed by atoms with Crippen LogP contribution < -0.4 is 16.6 Å². The Morgan fingerprint density at radius 3 is 2.86 bits per heavy atom. The molecule has 0 aliphatic heterocycles. The maximum Gasteiger partial charge on any atom is 0.286 e. The van der Waals surface area contributed by atoms with Crippen LogP contribution >= 0.6 is 0 Å². The first-order valence-corrected chi connectivity index (χ1v) is 4.37. The smallest absolute Gasteiger partial charge is 0.286 e. The average molecular weight is 194 g/mol. The number of carbonyl (C=O) groups is 1. The summed E-state index contributed by atoms with van der Waals surface area (Å²) >= 11 is 0. The fourth-order valence-corrected chi connectivity index (χ4v) is 0.877. The molecular weight excluding hydrogens is 180 g/mol. The summed E-state index contributed by atoms with van der Waals surface area (Å²) in [5.74, 6) is -0.322. The van der Waals surface area contributed by atoms with Gasteiger partial charge in [-0.15, -0.1) is 0 Å². The van der Waals surface area contributed by atoms with Crippen LogP contribution in [0.3, 0.4) is 0 Å². The van der Waals surface area contributed by atoms with Crippen molar-refractivity contribution >= 4 is 11.6 Å². The van der Waals surface area contributed by atoms with Gasteiger partial charge in [-0.05, 0) is 26.0 Å². The molecule has 14 heavy (non-hydrogen) atoms. The third-order valence-corrected chi connectivity index (χ3v) is 1.53. The van der Waals surface area contributed by atoms with E-state index in [0.717, 1.165) is 0 Å². The van der Waals surface area contributed by atoms with Crippen LogP contribution in [0.4, 0.5) is 5.69 Å².